The van der Waals surface area contributed by atoms with Crippen molar-refractivity contribution < 1.29 is 19.0 Å². The second-order valence-corrected chi connectivity index (χ2v) is 5.65. The minimum Gasteiger partial charge on any atom is -0.493 e. The standard InChI is InChI=1S/C17H19BrN2O4/c1-22-14-8-11(9-15(23-2)17(14)24-3)19-10-16(21)20-13-7-5-4-6-12(13)18/h4-9,19H,10H2,1-3H3,(H,20,21). The van der Waals surface area contributed by atoms with Crippen molar-refractivity contribution in [2.75, 3.05) is 38.5 Å². The third-order valence-electron chi connectivity index (χ3n) is 3.27. The van der Waals surface area contributed by atoms with Gasteiger partial charge in [0.15, 0.2) is 11.5 Å². The number of methoxy groups -OCH3 is 3. The van der Waals surface area contributed by atoms with E-state index in [1.165, 1.54) is 0 Å². The Morgan fingerprint density at radius 3 is 2.21 bits per heavy atom. The molecule has 0 aliphatic carbocycles. The molecule has 0 saturated heterocycles. The number of carbonyl (C=O) groups excluding carboxylic acids is 1. The van der Waals surface area contributed by atoms with Crippen LogP contribution in [-0.4, -0.2) is 33.8 Å². The predicted molar refractivity (Wildman–Crippen MR) is 97.4 cm³/mol. The summed E-state index contributed by atoms with van der Waals surface area (Å²) in [6.07, 6.45) is 0. The van der Waals surface area contributed by atoms with Gasteiger partial charge in [-0.25, -0.2) is 0 Å². The molecule has 24 heavy (non-hydrogen) atoms. The van der Waals surface area contributed by atoms with Gasteiger partial charge in [0.25, 0.3) is 0 Å². The van der Waals surface area contributed by atoms with Crippen LogP contribution in [0.25, 0.3) is 0 Å². The molecule has 0 heterocycles. The lowest BCUT2D eigenvalue weighted by Gasteiger charge is -2.15. The van der Waals surface area contributed by atoms with Crippen LogP contribution in [0.3, 0.4) is 0 Å². The van der Waals surface area contributed by atoms with Crippen molar-refractivity contribution in [3.05, 3.63) is 40.9 Å². The number of halogens is 1. The Balaban J connectivity index is 2.06. The first-order chi connectivity index (χ1) is 11.6. The molecule has 0 atom stereocenters. The summed E-state index contributed by atoms with van der Waals surface area (Å²) >= 11 is 3.39. The fourth-order valence-electron chi connectivity index (χ4n) is 2.12. The summed E-state index contributed by atoms with van der Waals surface area (Å²) in [5.74, 6) is 1.37. The zero-order chi connectivity index (χ0) is 17.5. The molecule has 0 aromatic heterocycles. The topological polar surface area (TPSA) is 68.8 Å². The van der Waals surface area contributed by atoms with E-state index in [0.29, 0.717) is 28.6 Å². The molecule has 1 amide bonds. The van der Waals surface area contributed by atoms with Crippen molar-refractivity contribution in [1.82, 2.24) is 0 Å². The van der Waals surface area contributed by atoms with Crippen LogP contribution >= 0.6 is 15.9 Å². The van der Waals surface area contributed by atoms with Gasteiger partial charge in [-0.3, -0.25) is 4.79 Å². The van der Waals surface area contributed by atoms with Crippen molar-refractivity contribution >= 4 is 33.2 Å². The highest BCUT2D eigenvalue weighted by molar-refractivity contribution is 9.10. The predicted octanol–water partition coefficient (Wildman–Crippen LogP) is 3.53. The van der Waals surface area contributed by atoms with E-state index in [0.717, 1.165) is 4.47 Å². The highest BCUT2D eigenvalue weighted by atomic mass is 79.9. The average molecular weight is 395 g/mol. The van der Waals surface area contributed by atoms with Gasteiger partial charge in [-0.2, -0.15) is 0 Å². The summed E-state index contributed by atoms with van der Waals surface area (Å²) in [7, 11) is 4.63. The number of anilines is 2. The van der Waals surface area contributed by atoms with E-state index in [1.807, 2.05) is 24.3 Å². The molecular formula is C17H19BrN2O4. The molecule has 0 radical (unpaired) electrons. The maximum absolute atomic E-state index is 12.1. The number of nitrogens with one attached hydrogen (secondary N) is 2. The number of hydrogen-bond donors (Lipinski definition) is 2. The van der Waals surface area contributed by atoms with Gasteiger partial charge >= 0.3 is 0 Å². The molecule has 2 aromatic rings. The lowest BCUT2D eigenvalue weighted by molar-refractivity contribution is -0.114. The lowest BCUT2D eigenvalue weighted by Crippen LogP contribution is -2.22. The number of rotatable bonds is 7. The maximum Gasteiger partial charge on any atom is 0.243 e. The minimum atomic E-state index is -0.171. The Bertz CT molecular complexity index is 696. The Morgan fingerprint density at radius 1 is 1.04 bits per heavy atom. The highest BCUT2D eigenvalue weighted by Crippen LogP contribution is 2.39. The molecule has 128 valence electrons. The van der Waals surface area contributed by atoms with E-state index >= 15 is 0 Å². The van der Waals surface area contributed by atoms with Crippen molar-refractivity contribution in [2.24, 2.45) is 0 Å². The normalized spacial score (nSPS) is 10.0. The first kappa shape index (κ1) is 17.9. The molecule has 7 heteroatoms. The number of benzene rings is 2. The molecule has 0 aliphatic heterocycles. The summed E-state index contributed by atoms with van der Waals surface area (Å²) < 4.78 is 16.7. The van der Waals surface area contributed by atoms with Gasteiger partial charge < -0.3 is 24.8 Å². The van der Waals surface area contributed by atoms with Gasteiger partial charge in [-0.05, 0) is 28.1 Å². The Labute approximate surface area is 149 Å². The minimum absolute atomic E-state index is 0.0972. The van der Waals surface area contributed by atoms with Gasteiger partial charge in [0.1, 0.15) is 0 Å². The molecule has 0 spiro atoms. The molecule has 6 nitrogen and oxygen atoms in total. The number of ether oxygens (including phenoxy) is 3. The van der Waals surface area contributed by atoms with E-state index in [-0.39, 0.29) is 12.5 Å². The van der Waals surface area contributed by atoms with Gasteiger partial charge in [0, 0.05) is 22.3 Å². The molecule has 0 fully saturated rings. The van der Waals surface area contributed by atoms with Gasteiger partial charge in [0.05, 0.1) is 33.6 Å². The van der Waals surface area contributed by atoms with Crippen LogP contribution in [0.15, 0.2) is 40.9 Å². The summed E-state index contributed by atoms with van der Waals surface area (Å²) in [6, 6.07) is 10.9. The smallest absolute Gasteiger partial charge is 0.243 e. The molecule has 0 bridgehead atoms. The summed E-state index contributed by atoms with van der Waals surface area (Å²) in [5, 5.41) is 5.87. The first-order valence-corrected chi connectivity index (χ1v) is 7.96. The number of hydrogen-bond acceptors (Lipinski definition) is 5. The van der Waals surface area contributed by atoms with E-state index in [9.17, 15) is 4.79 Å². The van der Waals surface area contributed by atoms with Crippen LogP contribution in [-0.2, 0) is 4.79 Å². The van der Waals surface area contributed by atoms with Crippen molar-refractivity contribution in [1.29, 1.82) is 0 Å². The zero-order valence-electron chi connectivity index (χ0n) is 13.7. The number of para-hydroxylation sites is 1. The SMILES string of the molecule is COc1cc(NCC(=O)Nc2ccccc2Br)cc(OC)c1OC. The zero-order valence-corrected chi connectivity index (χ0v) is 15.3. The fraction of sp³-hybridized carbons (Fsp3) is 0.235. The first-order valence-electron chi connectivity index (χ1n) is 7.17. The Hall–Kier alpha value is -2.41. The second kappa shape index (κ2) is 8.44. The molecule has 2 rings (SSSR count). The maximum atomic E-state index is 12.1. The fourth-order valence-corrected chi connectivity index (χ4v) is 2.51. The molecular weight excluding hydrogens is 376 g/mol. The molecule has 0 aliphatic rings. The lowest BCUT2D eigenvalue weighted by atomic mass is 10.2. The summed E-state index contributed by atoms with van der Waals surface area (Å²) in [4.78, 5) is 12.1. The van der Waals surface area contributed by atoms with Crippen LogP contribution in [0.4, 0.5) is 11.4 Å². The van der Waals surface area contributed by atoms with Crippen LogP contribution in [0.5, 0.6) is 17.2 Å². The van der Waals surface area contributed by atoms with Crippen LogP contribution in [0, 0.1) is 0 Å². The molecule has 0 saturated carbocycles. The Morgan fingerprint density at radius 2 is 1.67 bits per heavy atom. The summed E-state index contributed by atoms with van der Waals surface area (Å²) in [6.45, 7) is 0.0972. The van der Waals surface area contributed by atoms with Crippen molar-refractivity contribution in [3.63, 3.8) is 0 Å². The van der Waals surface area contributed by atoms with E-state index in [4.69, 9.17) is 14.2 Å². The number of amides is 1. The monoisotopic (exact) mass is 394 g/mol. The van der Waals surface area contributed by atoms with Gasteiger partial charge in [-0.15, -0.1) is 0 Å². The van der Waals surface area contributed by atoms with E-state index < -0.39 is 0 Å². The quantitative estimate of drug-likeness (QED) is 0.751. The molecule has 0 unspecified atom stereocenters. The Kier molecular flexibility index (Phi) is 6.31. The van der Waals surface area contributed by atoms with E-state index in [1.54, 1.807) is 33.5 Å². The van der Waals surface area contributed by atoms with E-state index in [2.05, 4.69) is 26.6 Å². The molecule has 2 N–H and O–H groups in total. The van der Waals surface area contributed by atoms with Crippen molar-refractivity contribution in [2.45, 2.75) is 0 Å². The third kappa shape index (κ3) is 4.32. The van der Waals surface area contributed by atoms with Gasteiger partial charge in [0.2, 0.25) is 11.7 Å². The number of carbonyl (C=O) groups is 1. The highest BCUT2D eigenvalue weighted by Gasteiger charge is 2.13. The van der Waals surface area contributed by atoms with Crippen molar-refractivity contribution in [3.8, 4) is 17.2 Å². The average Bonchev–Trinajstić information content (AvgIpc) is 2.60. The van der Waals surface area contributed by atoms with Crippen LogP contribution in [0.1, 0.15) is 0 Å². The van der Waals surface area contributed by atoms with Gasteiger partial charge in [-0.1, -0.05) is 12.1 Å². The summed E-state index contributed by atoms with van der Waals surface area (Å²) in [5.41, 5.74) is 1.40. The van der Waals surface area contributed by atoms with Crippen LogP contribution < -0.4 is 24.8 Å². The molecule has 2 aromatic carbocycles. The third-order valence-corrected chi connectivity index (χ3v) is 3.96. The van der Waals surface area contributed by atoms with Crippen LogP contribution in [0.2, 0.25) is 0 Å². The second-order valence-electron chi connectivity index (χ2n) is 4.80. The largest absolute Gasteiger partial charge is 0.493 e.